The van der Waals surface area contributed by atoms with Gasteiger partial charge in [0.05, 0.1) is 11.1 Å². The first-order valence-corrected chi connectivity index (χ1v) is 7.67. The summed E-state index contributed by atoms with van der Waals surface area (Å²) in [5, 5.41) is 3.07. The molecule has 2 rings (SSSR count). The molecule has 3 N–H and O–H groups in total. The Morgan fingerprint density at radius 3 is 2.25 bits per heavy atom. The Hall–Kier alpha value is -1.62. The summed E-state index contributed by atoms with van der Waals surface area (Å²) in [5.41, 5.74) is 8.03. The Labute approximate surface area is 156 Å². The molecule has 0 saturated carbocycles. The maximum absolute atomic E-state index is 12.5. The molecule has 0 saturated heterocycles. The van der Waals surface area contributed by atoms with E-state index in [1.165, 1.54) is 0 Å². The SMILES string of the molecule is CCC(CC)(CN)NC(=O)c1cncc(-c2ccccc2)c1.Cl.Cl. The summed E-state index contributed by atoms with van der Waals surface area (Å²) < 4.78 is 0. The molecular weight excluding hydrogens is 345 g/mol. The summed E-state index contributed by atoms with van der Waals surface area (Å²) in [6.07, 6.45) is 4.96. The summed E-state index contributed by atoms with van der Waals surface area (Å²) in [4.78, 5) is 16.7. The molecule has 132 valence electrons. The molecule has 4 nitrogen and oxygen atoms in total. The molecule has 1 aromatic heterocycles. The third-order valence-corrected chi connectivity index (χ3v) is 4.23. The van der Waals surface area contributed by atoms with Crippen molar-refractivity contribution in [3.8, 4) is 11.1 Å². The molecular formula is C18H25Cl2N3O. The van der Waals surface area contributed by atoms with Crippen molar-refractivity contribution in [1.82, 2.24) is 10.3 Å². The van der Waals surface area contributed by atoms with Crippen molar-refractivity contribution in [1.29, 1.82) is 0 Å². The lowest BCUT2D eigenvalue weighted by atomic mass is 9.92. The molecule has 0 atom stereocenters. The number of aromatic nitrogens is 1. The van der Waals surface area contributed by atoms with Crippen LogP contribution in [-0.4, -0.2) is 23.0 Å². The monoisotopic (exact) mass is 369 g/mol. The number of carbonyl (C=O) groups excluding carboxylic acids is 1. The first kappa shape index (κ1) is 22.4. The first-order valence-electron chi connectivity index (χ1n) is 7.67. The van der Waals surface area contributed by atoms with E-state index in [4.69, 9.17) is 5.73 Å². The fourth-order valence-corrected chi connectivity index (χ4v) is 2.43. The Morgan fingerprint density at radius 2 is 1.71 bits per heavy atom. The number of amides is 1. The molecule has 1 heterocycles. The molecule has 1 amide bonds. The van der Waals surface area contributed by atoms with Gasteiger partial charge in [-0.1, -0.05) is 44.2 Å². The van der Waals surface area contributed by atoms with Gasteiger partial charge in [0.25, 0.3) is 5.91 Å². The third kappa shape index (κ3) is 5.20. The summed E-state index contributed by atoms with van der Waals surface area (Å²) in [6.45, 7) is 4.50. The third-order valence-electron chi connectivity index (χ3n) is 4.23. The molecule has 2 aromatic rings. The van der Waals surface area contributed by atoms with Crippen LogP contribution in [-0.2, 0) is 0 Å². The Kier molecular flexibility index (Phi) is 9.59. The summed E-state index contributed by atoms with van der Waals surface area (Å²) in [5.74, 6) is -0.126. The van der Waals surface area contributed by atoms with Crippen LogP contribution in [0.25, 0.3) is 11.1 Å². The smallest absolute Gasteiger partial charge is 0.253 e. The second-order valence-electron chi connectivity index (χ2n) is 5.47. The number of halogens is 2. The van der Waals surface area contributed by atoms with Gasteiger partial charge in [-0.05, 0) is 24.5 Å². The predicted octanol–water partition coefficient (Wildman–Crippen LogP) is 3.84. The number of nitrogens with two attached hydrogens (primary N) is 1. The van der Waals surface area contributed by atoms with E-state index in [0.717, 1.165) is 24.0 Å². The van der Waals surface area contributed by atoms with Crippen LogP contribution in [0.3, 0.4) is 0 Å². The zero-order chi connectivity index (χ0) is 16.0. The molecule has 1 aromatic carbocycles. The number of benzene rings is 1. The highest BCUT2D eigenvalue weighted by atomic mass is 35.5. The number of pyridine rings is 1. The number of carbonyl (C=O) groups is 1. The number of nitrogens with zero attached hydrogens (tertiary/aromatic N) is 1. The first-order chi connectivity index (χ1) is 10.6. The standard InChI is InChI=1S/C18H23N3O.2ClH/c1-3-18(4-2,13-19)21-17(22)16-10-15(11-20-12-16)14-8-6-5-7-9-14;;/h5-12H,3-4,13,19H2,1-2H3,(H,21,22);2*1H. The Bertz CT molecular complexity index is 623. The molecule has 24 heavy (non-hydrogen) atoms. The van der Waals surface area contributed by atoms with E-state index in [0.29, 0.717) is 12.1 Å². The zero-order valence-electron chi connectivity index (χ0n) is 14.0. The van der Waals surface area contributed by atoms with E-state index in [1.54, 1.807) is 12.4 Å². The highest BCUT2D eigenvalue weighted by molar-refractivity contribution is 5.95. The normalized spacial score (nSPS) is 10.3. The van der Waals surface area contributed by atoms with Gasteiger partial charge in [-0.3, -0.25) is 9.78 Å². The van der Waals surface area contributed by atoms with Gasteiger partial charge >= 0.3 is 0 Å². The van der Waals surface area contributed by atoms with Crippen LogP contribution in [0.2, 0.25) is 0 Å². The second kappa shape index (κ2) is 10.3. The van der Waals surface area contributed by atoms with Gasteiger partial charge in [-0.25, -0.2) is 0 Å². The van der Waals surface area contributed by atoms with Crippen molar-refractivity contribution < 1.29 is 4.79 Å². The minimum absolute atomic E-state index is 0. The highest BCUT2D eigenvalue weighted by Crippen LogP contribution is 2.20. The van der Waals surface area contributed by atoms with Gasteiger partial charge in [0.15, 0.2) is 0 Å². The number of hydrogen-bond acceptors (Lipinski definition) is 3. The molecule has 6 heteroatoms. The van der Waals surface area contributed by atoms with E-state index in [2.05, 4.69) is 10.3 Å². The topological polar surface area (TPSA) is 68.0 Å². The maximum Gasteiger partial charge on any atom is 0.253 e. The van der Waals surface area contributed by atoms with Gasteiger partial charge in [0.2, 0.25) is 0 Å². The van der Waals surface area contributed by atoms with E-state index in [-0.39, 0.29) is 36.3 Å². The number of hydrogen-bond donors (Lipinski definition) is 2. The fraction of sp³-hybridized carbons (Fsp3) is 0.333. The van der Waals surface area contributed by atoms with Gasteiger partial charge in [0, 0.05) is 24.5 Å². The molecule has 0 bridgehead atoms. The number of rotatable bonds is 6. The van der Waals surface area contributed by atoms with E-state index < -0.39 is 0 Å². The van der Waals surface area contributed by atoms with Crippen LogP contribution in [0.15, 0.2) is 48.8 Å². The molecule has 0 radical (unpaired) electrons. The molecule has 0 unspecified atom stereocenters. The van der Waals surface area contributed by atoms with Crippen LogP contribution < -0.4 is 11.1 Å². The summed E-state index contributed by atoms with van der Waals surface area (Å²) >= 11 is 0. The van der Waals surface area contributed by atoms with E-state index in [9.17, 15) is 4.79 Å². The highest BCUT2D eigenvalue weighted by Gasteiger charge is 2.26. The molecule has 0 spiro atoms. The van der Waals surface area contributed by atoms with E-state index >= 15 is 0 Å². The van der Waals surface area contributed by atoms with Crippen LogP contribution in [0, 0.1) is 0 Å². The average Bonchev–Trinajstić information content (AvgIpc) is 2.60. The second-order valence-corrected chi connectivity index (χ2v) is 5.47. The molecule has 0 aliphatic rings. The molecule has 0 fully saturated rings. The van der Waals surface area contributed by atoms with Crippen LogP contribution >= 0.6 is 24.8 Å². The van der Waals surface area contributed by atoms with Gasteiger partial charge in [-0.2, -0.15) is 0 Å². The summed E-state index contributed by atoms with van der Waals surface area (Å²) in [6, 6.07) is 11.8. The fourth-order valence-electron chi connectivity index (χ4n) is 2.43. The van der Waals surface area contributed by atoms with Crippen LogP contribution in [0.1, 0.15) is 37.0 Å². The Morgan fingerprint density at radius 1 is 1.08 bits per heavy atom. The number of nitrogens with one attached hydrogen (secondary N) is 1. The lowest BCUT2D eigenvalue weighted by molar-refractivity contribution is 0.0895. The van der Waals surface area contributed by atoms with Gasteiger partial charge in [0.1, 0.15) is 0 Å². The van der Waals surface area contributed by atoms with Crippen molar-refractivity contribution in [2.75, 3.05) is 6.54 Å². The molecule has 0 aliphatic heterocycles. The summed E-state index contributed by atoms with van der Waals surface area (Å²) in [7, 11) is 0. The quantitative estimate of drug-likeness (QED) is 0.812. The van der Waals surface area contributed by atoms with Crippen LogP contribution in [0.5, 0.6) is 0 Å². The molecule has 0 aliphatic carbocycles. The minimum atomic E-state index is -0.347. The van der Waals surface area contributed by atoms with Crippen molar-refractivity contribution in [2.45, 2.75) is 32.2 Å². The van der Waals surface area contributed by atoms with Crippen molar-refractivity contribution in [3.63, 3.8) is 0 Å². The predicted molar refractivity (Wildman–Crippen MR) is 104 cm³/mol. The Balaban J connectivity index is 0.00000264. The van der Waals surface area contributed by atoms with Gasteiger partial charge in [-0.15, -0.1) is 24.8 Å². The van der Waals surface area contributed by atoms with Crippen molar-refractivity contribution in [3.05, 3.63) is 54.4 Å². The largest absolute Gasteiger partial charge is 0.345 e. The van der Waals surface area contributed by atoms with Crippen LogP contribution in [0.4, 0.5) is 0 Å². The lowest BCUT2D eigenvalue weighted by Gasteiger charge is -2.31. The maximum atomic E-state index is 12.5. The van der Waals surface area contributed by atoms with Crippen molar-refractivity contribution in [2.24, 2.45) is 5.73 Å². The zero-order valence-corrected chi connectivity index (χ0v) is 15.6. The van der Waals surface area contributed by atoms with Crippen molar-refractivity contribution >= 4 is 30.7 Å². The minimum Gasteiger partial charge on any atom is -0.345 e. The van der Waals surface area contributed by atoms with Gasteiger partial charge < -0.3 is 11.1 Å². The average molecular weight is 370 g/mol. The van der Waals surface area contributed by atoms with E-state index in [1.807, 2.05) is 50.2 Å². The lowest BCUT2D eigenvalue weighted by Crippen LogP contribution is -2.52.